The number of benzene rings is 1. The molecule has 7 heteroatoms. The molecule has 2 heterocycles. The van der Waals surface area contributed by atoms with Crippen molar-refractivity contribution in [2.75, 3.05) is 24.6 Å². The van der Waals surface area contributed by atoms with E-state index >= 15 is 0 Å². The van der Waals surface area contributed by atoms with E-state index < -0.39 is 12.6 Å². The van der Waals surface area contributed by atoms with Crippen LogP contribution in [0.3, 0.4) is 0 Å². The van der Waals surface area contributed by atoms with Crippen molar-refractivity contribution in [1.29, 1.82) is 0 Å². The molecule has 0 aliphatic carbocycles. The molecule has 1 saturated heterocycles. The molecule has 25 heavy (non-hydrogen) atoms. The van der Waals surface area contributed by atoms with Gasteiger partial charge in [-0.05, 0) is 42.8 Å². The number of hydrogen-bond donors (Lipinski definition) is 2. The maximum Gasteiger partial charge on any atom is 0.341 e. The molecule has 1 amide bonds. The molecule has 0 spiro atoms. The highest BCUT2D eigenvalue weighted by atomic mass is 16.5. The Labute approximate surface area is 145 Å². The van der Waals surface area contributed by atoms with Crippen molar-refractivity contribution in [3.8, 4) is 5.75 Å². The number of pyridine rings is 1. The highest BCUT2D eigenvalue weighted by Crippen LogP contribution is 2.19. The fraction of sp³-hybridized carbons (Fsp3) is 0.278. The second-order valence-electron chi connectivity index (χ2n) is 5.82. The monoisotopic (exact) mass is 341 g/mol. The summed E-state index contributed by atoms with van der Waals surface area (Å²) in [6.45, 7) is 1.22. The van der Waals surface area contributed by atoms with Crippen molar-refractivity contribution < 1.29 is 19.4 Å². The number of nitrogens with one attached hydrogen (secondary N) is 1. The molecule has 7 nitrogen and oxygen atoms in total. The van der Waals surface area contributed by atoms with Gasteiger partial charge in [-0.15, -0.1) is 0 Å². The molecule has 0 bridgehead atoms. The highest BCUT2D eigenvalue weighted by molar-refractivity contribution is 5.94. The molecule has 2 N–H and O–H groups in total. The Morgan fingerprint density at radius 1 is 1.28 bits per heavy atom. The van der Waals surface area contributed by atoms with E-state index in [2.05, 4.69) is 15.2 Å². The van der Waals surface area contributed by atoms with Gasteiger partial charge in [0.05, 0.1) is 11.9 Å². The van der Waals surface area contributed by atoms with E-state index in [1.54, 1.807) is 30.5 Å². The molecule has 1 aliphatic heterocycles. The lowest BCUT2D eigenvalue weighted by Gasteiger charge is -2.18. The summed E-state index contributed by atoms with van der Waals surface area (Å²) >= 11 is 0. The molecule has 1 fully saturated rings. The van der Waals surface area contributed by atoms with Crippen LogP contribution in [0.4, 0.5) is 5.69 Å². The fourth-order valence-corrected chi connectivity index (χ4v) is 2.77. The van der Waals surface area contributed by atoms with Crippen LogP contribution in [-0.4, -0.2) is 47.7 Å². The Morgan fingerprint density at radius 2 is 2.08 bits per heavy atom. The highest BCUT2D eigenvalue weighted by Gasteiger charge is 2.24. The first-order valence-corrected chi connectivity index (χ1v) is 8.02. The van der Waals surface area contributed by atoms with Gasteiger partial charge >= 0.3 is 5.97 Å². The number of carboxylic acid groups (broad SMARTS) is 1. The standard InChI is InChI=1S/C18H19N3O4/c22-17(23)12-25-16-5-3-13(4-6-16)18(24)20-14-7-9-21(11-14)15-2-1-8-19-10-15/h1-6,8,10,14H,7,9,11-12H2,(H,20,24)(H,22,23). The van der Waals surface area contributed by atoms with Crippen molar-refractivity contribution in [2.45, 2.75) is 12.5 Å². The predicted molar refractivity (Wildman–Crippen MR) is 91.9 cm³/mol. The molecular weight excluding hydrogens is 322 g/mol. The van der Waals surface area contributed by atoms with E-state index in [1.165, 1.54) is 0 Å². The Hall–Kier alpha value is -3.09. The number of carbonyl (C=O) groups is 2. The van der Waals surface area contributed by atoms with Crippen LogP contribution in [0.25, 0.3) is 0 Å². The number of carboxylic acids is 1. The summed E-state index contributed by atoms with van der Waals surface area (Å²) in [4.78, 5) is 29.1. The minimum absolute atomic E-state index is 0.0793. The second-order valence-corrected chi connectivity index (χ2v) is 5.82. The summed E-state index contributed by atoms with van der Waals surface area (Å²) in [5.74, 6) is -0.772. The van der Waals surface area contributed by atoms with Crippen LogP contribution < -0.4 is 15.0 Å². The van der Waals surface area contributed by atoms with Gasteiger partial charge in [0.2, 0.25) is 0 Å². The van der Waals surface area contributed by atoms with E-state index in [1.807, 2.05) is 18.3 Å². The summed E-state index contributed by atoms with van der Waals surface area (Å²) in [6.07, 6.45) is 4.43. The largest absolute Gasteiger partial charge is 0.482 e. The van der Waals surface area contributed by atoms with Gasteiger partial charge in [-0.1, -0.05) is 0 Å². The number of amides is 1. The van der Waals surface area contributed by atoms with E-state index in [-0.39, 0.29) is 11.9 Å². The Bertz CT molecular complexity index is 734. The van der Waals surface area contributed by atoms with E-state index in [4.69, 9.17) is 9.84 Å². The fourth-order valence-electron chi connectivity index (χ4n) is 2.77. The molecule has 0 radical (unpaired) electrons. The molecule has 3 rings (SSSR count). The Balaban J connectivity index is 1.53. The molecule has 1 unspecified atom stereocenters. The van der Waals surface area contributed by atoms with Crippen LogP contribution in [0.15, 0.2) is 48.8 Å². The topological polar surface area (TPSA) is 91.8 Å². The van der Waals surface area contributed by atoms with Crippen molar-refractivity contribution in [3.63, 3.8) is 0 Å². The van der Waals surface area contributed by atoms with Crippen LogP contribution in [0.2, 0.25) is 0 Å². The van der Waals surface area contributed by atoms with Crippen LogP contribution in [0, 0.1) is 0 Å². The molecule has 2 aromatic rings. The zero-order valence-electron chi connectivity index (χ0n) is 13.6. The van der Waals surface area contributed by atoms with Crippen molar-refractivity contribution in [1.82, 2.24) is 10.3 Å². The second kappa shape index (κ2) is 7.65. The molecule has 1 atom stereocenters. The smallest absolute Gasteiger partial charge is 0.341 e. The van der Waals surface area contributed by atoms with Gasteiger partial charge in [0.1, 0.15) is 5.75 Å². The van der Waals surface area contributed by atoms with Gasteiger partial charge in [-0.2, -0.15) is 0 Å². The summed E-state index contributed by atoms with van der Waals surface area (Å²) in [6, 6.07) is 10.4. The lowest BCUT2D eigenvalue weighted by molar-refractivity contribution is -0.139. The number of rotatable bonds is 6. The summed E-state index contributed by atoms with van der Waals surface area (Å²) in [5, 5.41) is 11.6. The van der Waals surface area contributed by atoms with Crippen molar-refractivity contribution in [2.24, 2.45) is 0 Å². The van der Waals surface area contributed by atoms with Crippen LogP contribution in [0.1, 0.15) is 16.8 Å². The average Bonchev–Trinajstić information content (AvgIpc) is 3.09. The maximum absolute atomic E-state index is 12.3. The number of hydrogen-bond acceptors (Lipinski definition) is 5. The molecule has 0 saturated carbocycles. The SMILES string of the molecule is O=C(O)COc1ccc(C(=O)NC2CCN(c3cccnc3)C2)cc1. The third-order valence-corrected chi connectivity index (χ3v) is 4.01. The first kappa shape index (κ1) is 16.8. The Kier molecular flexibility index (Phi) is 5.13. The molecular formula is C18H19N3O4. The van der Waals surface area contributed by atoms with Gasteiger partial charge in [0.15, 0.2) is 6.61 Å². The molecule has 1 aliphatic rings. The van der Waals surface area contributed by atoms with Crippen LogP contribution in [0.5, 0.6) is 5.75 Å². The third-order valence-electron chi connectivity index (χ3n) is 4.01. The van der Waals surface area contributed by atoms with Crippen LogP contribution in [-0.2, 0) is 4.79 Å². The first-order chi connectivity index (χ1) is 12.1. The number of ether oxygens (including phenoxy) is 1. The van der Waals surface area contributed by atoms with E-state index in [9.17, 15) is 9.59 Å². The minimum Gasteiger partial charge on any atom is -0.482 e. The van der Waals surface area contributed by atoms with E-state index in [0.717, 1.165) is 25.2 Å². The number of aromatic nitrogens is 1. The summed E-state index contributed by atoms with van der Waals surface area (Å²) < 4.78 is 5.05. The zero-order chi connectivity index (χ0) is 17.6. The number of nitrogens with zero attached hydrogens (tertiary/aromatic N) is 2. The Morgan fingerprint density at radius 3 is 2.76 bits per heavy atom. The first-order valence-electron chi connectivity index (χ1n) is 8.02. The van der Waals surface area contributed by atoms with E-state index in [0.29, 0.717) is 11.3 Å². The van der Waals surface area contributed by atoms with Gasteiger partial charge in [-0.25, -0.2) is 4.79 Å². The predicted octanol–water partition coefficient (Wildman–Crippen LogP) is 1.55. The average molecular weight is 341 g/mol. The minimum atomic E-state index is -1.04. The molecule has 130 valence electrons. The van der Waals surface area contributed by atoms with Gasteiger partial charge in [0, 0.05) is 30.9 Å². The van der Waals surface area contributed by atoms with Crippen molar-refractivity contribution >= 4 is 17.6 Å². The third kappa shape index (κ3) is 4.47. The normalized spacial score (nSPS) is 16.5. The van der Waals surface area contributed by atoms with Crippen LogP contribution >= 0.6 is 0 Å². The lowest BCUT2D eigenvalue weighted by atomic mass is 10.2. The number of aliphatic carboxylic acids is 1. The quantitative estimate of drug-likeness (QED) is 0.828. The van der Waals surface area contributed by atoms with Crippen molar-refractivity contribution in [3.05, 3.63) is 54.4 Å². The van der Waals surface area contributed by atoms with Gasteiger partial charge in [0.25, 0.3) is 5.91 Å². The zero-order valence-corrected chi connectivity index (χ0v) is 13.6. The molecule has 1 aromatic heterocycles. The maximum atomic E-state index is 12.3. The molecule has 1 aromatic carbocycles. The van der Waals surface area contributed by atoms with Gasteiger partial charge < -0.3 is 20.1 Å². The number of anilines is 1. The van der Waals surface area contributed by atoms with Gasteiger partial charge in [-0.3, -0.25) is 9.78 Å². The summed E-state index contributed by atoms with van der Waals surface area (Å²) in [5.41, 5.74) is 1.57. The lowest BCUT2D eigenvalue weighted by Crippen LogP contribution is -2.37. The number of carbonyl (C=O) groups excluding carboxylic acids is 1. The summed E-state index contributed by atoms with van der Waals surface area (Å²) in [7, 11) is 0.